The Hall–Kier alpha value is -6.35. The fraction of sp³-hybridized carbons (Fsp3) is 0. The molecule has 0 aliphatic rings. The van der Waals surface area contributed by atoms with Crippen LogP contribution in [0.4, 0.5) is 0 Å². The quantitative estimate of drug-likeness (QED) is 0.135. The fourth-order valence-corrected chi connectivity index (χ4v) is 9.68. The van der Waals surface area contributed by atoms with Gasteiger partial charge in [0.05, 0.1) is 11.2 Å². The van der Waals surface area contributed by atoms with Crippen molar-refractivity contribution in [2.24, 2.45) is 0 Å². The molecule has 2 heteroatoms. The van der Waals surface area contributed by atoms with Crippen LogP contribution in [0, 0.1) is 0 Å². The second-order valence-electron chi connectivity index (χ2n) is 13.4. The van der Waals surface area contributed by atoms with Gasteiger partial charge in [0.2, 0.25) is 0 Å². The maximum Gasteiger partial charge on any atom is 0.0788 e. The Morgan fingerprint density at radius 2 is 0.961 bits per heavy atom. The highest BCUT2D eigenvalue weighted by atomic mass is 32.1. The van der Waals surface area contributed by atoms with E-state index in [1.54, 1.807) is 0 Å². The van der Waals surface area contributed by atoms with Gasteiger partial charge >= 0.3 is 0 Å². The van der Waals surface area contributed by atoms with E-state index in [2.05, 4.69) is 176 Å². The van der Waals surface area contributed by atoms with Crippen LogP contribution in [0.25, 0.3) is 108 Å². The number of rotatable bonds is 3. The lowest BCUT2D eigenvalue weighted by Crippen LogP contribution is -1.93. The molecule has 11 rings (SSSR count). The van der Waals surface area contributed by atoms with E-state index in [0.29, 0.717) is 0 Å². The topological polar surface area (TPSA) is 12.9 Å². The molecule has 0 atom stereocenters. The molecule has 0 fully saturated rings. The number of aromatic nitrogens is 1. The van der Waals surface area contributed by atoms with Gasteiger partial charge in [-0.3, -0.25) is 0 Å². The molecule has 0 spiro atoms. The average molecular weight is 664 g/mol. The van der Waals surface area contributed by atoms with E-state index < -0.39 is 0 Å². The molecule has 0 saturated carbocycles. The Balaban J connectivity index is 1.25. The zero-order valence-electron chi connectivity index (χ0n) is 27.6. The number of benzene rings is 9. The molecule has 0 unspecified atom stereocenters. The van der Waals surface area contributed by atoms with Gasteiger partial charge in [-0.1, -0.05) is 164 Å². The molecule has 9 aromatic carbocycles. The van der Waals surface area contributed by atoms with Crippen molar-refractivity contribution in [3.8, 4) is 33.5 Å². The molecule has 0 radical (unpaired) electrons. The molecule has 2 heterocycles. The van der Waals surface area contributed by atoms with Gasteiger partial charge in [0.15, 0.2) is 0 Å². The average Bonchev–Trinajstić information content (AvgIpc) is 3.58. The summed E-state index contributed by atoms with van der Waals surface area (Å²) in [5.41, 5.74) is 8.13. The van der Waals surface area contributed by atoms with Crippen LogP contribution >= 0.6 is 11.3 Å². The summed E-state index contributed by atoms with van der Waals surface area (Å²) in [6.07, 6.45) is 0. The Morgan fingerprint density at radius 1 is 0.373 bits per heavy atom. The van der Waals surface area contributed by atoms with E-state index >= 15 is 0 Å². The van der Waals surface area contributed by atoms with E-state index in [4.69, 9.17) is 4.98 Å². The summed E-state index contributed by atoms with van der Waals surface area (Å²) in [5.74, 6) is 0. The maximum atomic E-state index is 5.48. The fourth-order valence-electron chi connectivity index (χ4n) is 8.41. The van der Waals surface area contributed by atoms with E-state index in [1.807, 2.05) is 11.3 Å². The highest BCUT2D eigenvalue weighted by Crippen LogP contribution is 2.47. The van der Waals surface area contributed by atoms with Gasteiger partial charge in [-0.2, -0.15) is 0 Å². The van der Waals surface area contributed by atoms with Gasteiger partial charge in [-0.15, -0.1) is 11.3 Å². The Morgan fingerprint density at radius 3 is 1.73 bits per heavy atom. The van der Waals surface area contributed by atoms with Crippen LogP contribution in [0.3, 0.4) is 0 Å². The number of thiophene rings is 1. The Bertz CT molecular complexity index is 3130. The summed E-state index contributed by atoms with van der Waals surface area (Å²) >= 11 is 1.89. The van der Waals surface area contributed by atoms with Crippen LogP contribution in [-0.4, -0.2) is 4.98 Å². The molecular formula is C49H29NS. The molecule has 0 bridgehead atoms. The smallest absolute Gasteiger partial charge is 0.0788 e. The molecular weight excluding hydrogens is 635 g/mol. The normalized spacial score (nSPS) is 11.9. The van der Waals surface area contributed by atoms with Crippen LogP contribution in [0.2, 0.25) is 0 Å². The van der Waals surface area contributed by atoms with Gasteiger partial charge < -0.3 is 0 Å². The number of hydrogen-bond acceptors (Lipinski definition) is 2. The van der Waals surface area contributed by atoms with E-state index in [0.717, 1.165) is 16.8 Å². The van der Waals surface area contributed by atoms with Crippen molar-refractivity contribution in [3.63, 3.8) is 0 Å². The summed E-state index contributed by atoms with van der Waals surface area (Å²) in [7, 11) is 0. The first kappa shape index (κ1) is 28.5. The number of hydrogen-bond donors (Lipinski definition) is 0. The second-order valence-corrected chi connectivity index (χ2v) is 14.4. The number of fused-ring (bicyclic) bond motifs is 10. The van der Waals surface area contributed by atoms with E-state index in [-0.39, 0.29) is 0 Å². The summed E-state index contributed by atoms with van der Waals surface area (Å²) in [4.78, 5) is 5.48. The predicted octanol–water partition coefficient (Wildman–Crippen LogP) is 14.2. The second kappa shape index (κ2) is 11.1. The van der Waals surface area contributed by atoms with Crippen LogP contribution in [0.15, 0.2) is 176 Å². The predicted molar refractivity (Wildman–Crippen MR) is 221 cm³/mol. The Labute approximate surface area is 298 Å². The molecule has 0 amide bonds. The lowest BCUT2D eigenvalue weighted by Gasteiger charge is -2.19. The largest absolute Gasteiger partial charge is 0.247 e. The van der Waals surface area contributed by atoms with Crippen LogP contribution in [0.5, 0.6) is 0 Å². The van der Waals surface area contributed by atoms with Crippen molar-refractivity contribution in [1.29, 1.82) is 0 Å². The van der Waals surface area contributed by atoms with Gasteiger partial charge in [-0.05, 0) is 66.7 Å². The summed E-state index contributed by atoms with van der Waals surface area (Å²) in [5, 5.41) is 13.8. The van der Waals surface area contributed by atoms with Gasteiger partial charge in [-0.25, -0.2) is 4.98 Å². The van der Waals surface area contributed by atoms with Crippen molar-refractivity contribution in [2.45, 2.75) is 0 Å². The minimum Gasteiger partial charge on any atom is -0.247 e. The SMILES string of the molecule is c1ccc(-c2nc3cc(-c4c5ccccc5c(-c5cccc6ccccc56)c5ccccc45)ccc3c3c2ccc2c4ccccc4sc23)cc1. The highest BCUT2D eigenvalue weighted by molar-refractivity contribution is 7.26. The van der Waals surface area contributed by atoms with Gasteiger partial charge in [0, 0.05) is 41.9 Å². The van der Waals surface area contributed by atoms with Crippen molar-refractivity contribution < 1.29 is 0 Å². The van der Waals surface area contributed by atoms with Crippen LogP contribution in [0.1, 0.15) is 0 Å². The van der Waals surface area contributed by atoms with Crippen molar-refractivity contribution in [2.75, 3.05) is 0 Å². The first-order chi connectivity index (χ1) is 25.3. The first-order valence-corrected chi connectivity index (χ1v) is 18.3. The van der Waals surface area contributed by atoms with E-state index in [9.17, 15) is 0 Å². The lowest BCUT2D eigenvalue weighted by atomic mass is 9.84. The zero-order valence-corrected chi connectivity index (χ0v) is 28.4. The minimum absolute atomic E-state index is 1.01. The Kier molecular flexibility index (Phi) is 6.19. The molecule has 2 aromatic heterocycles. The highest BCUT2D eigenvalue weighted by Gasteiger charge is 2.20. The number of nitrogens with zero attached hydrogens (tertiary/aromatic N) is 1. The third kappa shape index (κ3) is 4.24. The van der Waals surface area contributed by atoms with Crippen molar-refractivity contribution >= 4 is 85.5 Å². The lowest BCUT2D eigenvalue weighted by molar-refractivity contribution is 1.43. The maximum absolute atomic E-state index is 5.48. The van der Waals surface area contributed by atoms with Gasteiger partial charge in [0.1, 0.15) is 0 Å². The molecule has 11 aromatic rings. The monoisotopic (exact) mass is 663 g/mol. The van der Waals surface area contributed by atoms with Gasteiger partial charge in [0.25, 0.3) is 0 Å². The molecule has 51 heavy (non-hydrogen) atoms. The van der Waals surface area contributed by atoms with Crippen LogP contribution in [-0.2, 0) is 0 Å². The summed E-state index contributed by atoms with van der Waals surface area (Å²) < 4.78 is 2.63. The minimum atomic E-state index is 1.01. The molecule has 0 saturated heterocycles. The molecule has 236 valence electrons. The summed E-state index contributed by atoms with van der Waals surface area (Å²) in [6, 6.07) is 64.2. The summed E-state index contributed by atoms with van der Waals surface area (Å²) in [6.45, 7) is 0. The van der Waals surface area contributed by atoms with Crippen molar-refractivity contribution in [3.05, 3.63) is 176 Å². The van der Waals surface area contributed by atoms with Crippen molar-refractivity contribution in [1.82, 2.24) is 4.98 Å². The third-order valence-electron chi connectivity index (χ3n) is 10.6. The third-order valence-corrected chi connectivity index (χ3v) is 11.8. The molecule has 1 nitrogen and oxygen atoms in total. The molecule has 0 N–H and O–H groups in total. The first-order valence-electron chi connectivity index (χ1n) is 17.5. The zero-order chi connectivity index (χ0) is 33.5. The number of pyridine rings is 1. The van der Waals surface area contributed by atoms with Crippen LogP contribution < -0.4 is 0 Å². The standard InChI is InChI=1S/C49H29NS/c1-2-14-31(15-3-1)48-42-28-27-40-34-18-10-11-24-44(34)51-49(40)47(42)41-26-25-32(29-43(41)50-48)45-36-19-6-8-21-38(36)46(39-22-9-7-20-37(39)45)35-23-12-16-30-13-4-5-17-33(30)35/h1-29H. The molecule has 0 aliphatic carbocycles. The molecule has 0 aliphatic heterocycles. The van der Waals surface area contributed by atoms with E-state index in [1.165, 1.54) is 90.9 Å².